The zero-order chi connectivity index (χ0) is 22.9. The number of alkyl halides is 3. The Morgan fingerprint density at radius 2 is 1.97 bits per heavy atom. The largest absolute Gasteiger partial charge is 0.408 e. The van der Waals surface area contributed by atoms with Gasteiger partial charge in [-0.05, 0) is 44.0 Å². The minimum absolute atomic E-state index is 0.00879. The highest BCUT2D eigenvalue weighted by Gasteiger charge is 2.38. The molecule has 0 unspecified atom stereocenters. The molecule has 166 valence electrons. The van der Waals surface area contributed by atoms with Gasteiger partial charge in [-0.25, -0.2) is 4.98 Å². The van der Waals surface area contributed by atoms with Gasteiger partial charge in [0.05, 0.1) is 0 Å². The summed E-state index contributed by atoms with van der Waals surface area (Å²) in [5, 5.41) is 12.6. The van der Waals surface area contributed by atoms with Gasteiger partial charge >= 0.3 is 6.18 Å². The van der Waals surface area contributed by atoms with Crippen molar-refractivity contribution in [3.63, 3.8) is 0 Å². The van der Waals surface area contributed by atoms with Crippen LogP contribution < -0.4 is 10.6 Å². The van der Waals surface area contributed by atoms with Crippen LogP contribution in [0.25, 0.3) is 11.5 Å². The predicted molar refractivity (Wildman–Crippen MR) is 108 cm³/mol. The van der Waals surface area contributed by atoms with E-state index in [9.17, 15) is 22.8 Å². The first-order valence-electron chi connectivity index (χ1n) is 9.74. The van der Waals surface area contributed by atoms with Crippen LogP contribution in [0, 0.1) is 5.92 Å². The third-order valence-corrected chi connectivity index (χ3v) is 4.89. The third-order valence-electron chi connectivity index (χ3n) is 4.89. The molecule has 1 saturated carbocycles. The maximum Gasteiger partial charge on any atom is 0.408 e. The maximum atomic E-state index is 13.1. The van der Waals surface area contributed by atoms with Gasteiger partial charge in [0.1, 0.15) is 29.6 Å². The van der Waals surface area contributed by atoms with Crippen molar-refractivity contribution >= 4 is 23.3 Å². The Morgan fingerprint density at radius 1 is 1.19 bits per heavy atom. The molecule has 3 heterocycles. The van der Waals surface area contributed by atoms with Crippen LogP contribution >= 0.6 is 0 Å². The fourth-order valence-corrected chi connectivity index (χ4v) is 2.90. The van der Waals surface area contributed by atoms with E-state index < -0.39 is 18.1 Å². The van der Waals surface area contributed by atoms with Gasteiger partial charge in [-0.15, -0.1) is 10.2 Å². The Bertz CT molecular complexity index is 1160. The lowest BCUT2D eigenvalue weighted by Crippen LogP contribution is -2.24. The van der Waals surface area contributed by atoms with Crippen LogP contribution in [0.4, 0.5) is 24.7 Å². The van der Waals surface area contributed by atoms with Crippen LogP contribution in [0.2, 0.25) is 0 Å². The number of hydrogen-bond acceptors (Lipinski definition) is 6. The van der Waals surface area contributed by atoms with Gasteiger partial charge in [0, 0.05) is 17.8 Å². The molecule has 0 radical (unpaired) electrons. The number of aromatic nitrogens is 5. The number of nitrogens with zero attached hydrogens (tertiary/aromatic N) is 5. The zero-order valence-corrected chi connectivity index (χ0v) is 16.8. The summed E-state index contributed by atoms with van der Waals surface area (Å²) in [5.74, 6) is -0.685. The van der Waals surface area contributed by atoms with E-state index in [1.54, 1.807) is 6.07 Å². The van der Waals surface area contributed by atoms with E-state index in [-0.39, 0.29) is 34.9 Å². The Kier molecular flexibility index (Phi) is 5.59. The monoisotopic (exact) mass is 445 g/mol. The van der Waals surface area contributed by atoms with Crippen molar-refractivity contribution in [2.24, 2.45) is 5.92 Å². The molecule has 32 heavy (non-hydrogen) atoms. The highest BCUT2D eigenvalue weighted by atomic mass is 19.4. The average Bonchev–Trinajstić information content (AvgIpc) is 3.50. The maximum absolute atomic E-state index is 13.1. The Hall–Kier alpha value is -3.83. The van der Waals surface area contributed by atoms with E-state index in [2.05, 4.69) is 30.8 Å². The van der Waals surface area contributed by atoms with Gasteiger partial charge in [0.25, 0.3) is 5.91 Å². The number of hydrogen-bond donors (Lipinski definition) is 2. The fraction of sp³-hybridized carbons (Fsp3) is 0.300. The minimum Gasteiger partial charge on any atom is -0.326 e. The third kappa shape index (κ3) is 4.74. The van der Waals surface area contributed by atoms with Crippen LogP contribution in [-0.4, -0.2) is 42.7 Å². The van der Waals surface area contributed by atoms with Crippen molar-refractivity contribution < 1.29 is 22.8 Å². The fourth-order valence-electron chi connectivity index (χ4n) is 2.90. The van der Waals surface area contributed by atoms with Gasteiger partial charge < -0.3 is 15.2 Å². The molecule has 12 heteroatoms. The van der Waals surface area contributed by atoms with Crippen LogP contribution in [0.3, 0.4) is 0 Å². The van der Waals surface area contributed by atoms with Crippen molar-refractivity contribution in [2.75, 3.05) is 10.6 Å². The van der Waals surface area contributed by atoms with Crippen LogP contribution in [0.5, 0.6) is 0 Å². The lowest BCUT2D eigenvalue weighted by molar-refractivity contribution is -0.162. The summed E-state index contributed by atoms with van der Waals surface area (Å²) in [6.45, 7) is 0.985. The Morgan fingerprint density at radius 3 is 2.69 bits per heavy atom. The average molecular weight is 445 g/mol. The lowest BCUT2D eigenvalue weighted by Gasteiger charge is -2.18. The van der Waals surface area contributed by atoms with Crippen molar-refractivity contribution in [1.82, 2.24) is 24.7 Å². The molecule has 4 rings (SSSR count). The number of amides is 2. The van der Waals surface area contributed by atoms with E-state index >= 15 is 0 Å². The Balaban J connectivity index is 1.51. The van der Waals surface area contributed by atoms with Gasteiger partial charge in [0.15, 0.2) is 5.82 Å². The molecular formula is C20H18F3N7O2. The molecule has 3 aromatic heterocycles. The zero-order valence-electron chi connectivity index (χ0n) is 16.8. The number of halogens is 3. The van der Waals surface area contributed by atoms with E-state index in [1.165, 1.54) is 30.5 Å². The molecule has 1 aliphatic carbocycles. The molecule has 0 aromatic carbocycles. The van der Waals surface area contributed by atoms with E-state index in [0.717, 1.165) is 30.7 Å². The summed E-state index contributed by atoms with van der Waals surface area (Å²) < 4.78 is 40.2. The normalized spacial score (nSPS) is 14.6. The second-order valence-electron chi connectivity index (χ2n) is 7.33. The smallest absolute Gasteiger partial charge is 0.326 e. The predicted octanol–water partition coefficient (Wildman–Crippen LogP) is 3.46. The van der Waals surface area contributed by atoms with Crippen LogP contribution in [0.15, 0.2) is 42.9 Å². The molecule has 0 bridgehead atoms. The number of pyridine rings is 2. The van der Waals surface area contributed by atoms with E-state index in [1.807, 2.05) is 0 Å². The molecule has 1 atom stereocenters. The number of anilines is 2. The van der Waals surface area contributed by atoms with E-state index in [4.69, 9.17) is 0 Å². The second-order valence-corrected chi connectivity index (χ2v) is 7.33. The molecule has 0 aliphatic heterocycles. The highest BCUT2D eigenvalue weighted by Crippen LogP contribution is 2.32. The van der Waals surface area contributed by atoms with Crippen molar-refractivity contribution in [3.05, 3.63) is 48.5 Å². The lowest BCUT2D eigenvalue weighted by atomic mass is 10.2. The molecule has 0 spiro atoms. The molecular weight excluding hydrogens is 427 g/mol. The standard InChI is InChI=1S/C20H18F3N7O2/c1-11(20(21,22)23)30-10-25-29-17(30)14-3-2-4-16(27-14)28-19(32)15-9-13(7-8-24-15)26-18(31)12-5-6-12/h2-4,7-12H,5-6H2,1H3,(H,24,26,31)(H,27,28,32)/t11-/m0/s1. The molecule has 0 saturated heterocycles. The Labute approximate surface area is 180 Å². The van der Waals surface area contributed by atoms with Gasteiger partial charge in [-0.2, -0.15) is 13.2 Å². The topological polar surface area (TPSA) is 115 Å². The highest BCUT2D eigenvalue weighted by molar-refractivity contribution is 6.03. The van der Waals surface area contributed by atoms with Gasteiger partial charge in [0.2, 0.25) is 5.91 Å². The van der Waals surface area contributed by atoms with Gasteiger partial charge in [-0.3, -0.25) is 14.6 Å². The summed E-state index contributed by atoms with van der Waals surface area (Å²) in [4.78, 5) is 32.7. The van der Waals surface area contributed by atoms with Gasteiger partial charge in [-0.1, -0.05) is 6.07 Å². The number of nitrogens with one attached hydrogen (secondary N) is 2. The van der Waals surface area contributed by atoms with E-state index in [0.29, 0.717) is 5.69 Å². The first kappa shape index (κ1) is 21.4. The molecule has 1 aliphatic rings. The summed E-state index contributed by atoms with van der Waals surface area (Å²) in [5.41, 5.74) is 0.590. The van der Waals surface area contributed by atoms with Crippen molar-refractivity contribution in [3.8, 4) is 11.5 Å². The molecule has 9 nitrogen and oxygen atoms in total. The SMILES string of the molecule is C[C@H](n1cnnc1-c1cccc(NC(=O)c2cc(NC(=O)C3CC3)ccn2)n1)C(F)(F)F. The summed E-state index contributed by atoms with van der Waals surface area (Å²) in [6, 6.07) is 5.62. The number of carbonyl (C=O) groups excluding carboxylic acids is 2. The summed E-state index contributed by atoms with van der Waals surface area (Å²) in [7, 11) is 0. The quantitative estimate of drug-likeness (QED) is 0.601. The minimum atomic E-state index is -4.49. The van der Waals surface area contributed by atoms with Crippen molar-refractivity contribution in [2.45, 2.75) is 32.0 Å². The second kappa shape index (κ2) is 8.36. The first-order valence-corrected chi connectivity index (χ1v) is 9.74. The molecule has 2 N–H and O–H groups in total. The van der Waals surface area contributed by atoms with Crippen LogP contribution in [0.1, 0.15) is 36.3 Å². The van der Waals surface area contributed by atoms with Crippen molar-refractivity contribution in [1.29, 1.82) is 0 Å². The summed E-state index contributed by atoms with van der Waals surface area (Å²) in [6.07, 6.45) is -0.424. The summed E-state index contributed by atoms with van der Waals surface area (Å²) >= 11 is 0. The van der Waals surface area contributed by atoms with Crippen LogP contribution in [-0.2, 0) is 4.79 Å². The molecule has 1 fully saturated rings. The first-order chi connectivity index (χ1) is 15.2. The molecule has 3 aromatic rings. The number of carbonyl (C=O) groups is 2. The number of rotatable bonds is 6. The molecule has 2 amide bonds.